The van der Waals surface area contributed by atoms with Gasteiger partial charge in [-0.15, -0.1) is 0 Å². The first-order valence-electron chi connectivity index (χ1n) is 8.05. The largest absolute Gasteiger partial charge is 0.492 e. The summed E-state index contributed by atoms with van der Waals surface area (Å²) in [5, 5.41) is 0.491. The molecule has 2 aliphatic rings. The highest BCUT2D eigenvalue weighted by Crippen LogP contribution is 2.52. The van der Waals surface area contributed by atoms with Crippen LogP contribution < -0.4 is 9.64 Å². The van der Waals surface area contributed by atoms with Gasteiger partial charge in [-0.3, -0.25) is 0 Å². The Morgan fingerprint density at radius 1 is 1.13 bits per heavy atom. The maximum atomic E-state index is 5.82. The van der Waals surface area contributed by atoms with E-state index >= 15 is 0 Å². The number of nitrogens with zero attached hydrogens (tertiary/aromatic N) is 4. The van der Waals surface area contributed by atoms with Gasteiger partial charge in [-0.05, 0) is 36.0 Å². The molecule has 2 fully saturated rings. The Kier molecular flexibility index (Phi) is 3.81. The molecular formula is C17H19ClN4O. The lowest BCUT2D eigenvalue weighted by Gasteiger charge is -2.19. The fraction of sp³-hybridized carbons (Fsp3) is 0.471. The van der Waals surface area contributed by atoms with E-state index in [1.807, 2.05) is 18.5 Å². The minimum absolute atomic E-state index is 0.491. The Morgan fingerprint density at radius 3 is 2.48 bits per heavy atom. The Morgan fingerprint density at radius 2 is 1.87 bits per heavy atom. The van der Waals surface area contributed by atoms with Crippen molar-refractivity contribution in [2.75, 3.05) is 24.6 Å². The summed E-state index contributed by atoms with van der Waals surface area (Å²) in [6.07, 6.45) is 6.52. The molecule has 23 heavy (non-hydrogen) atoms. The summed E-state index contributed by atoms with van der Waals surface area (Å²) in [5.41, 5.74) is 1.18. The van der Waals surface area contributed by atoms with Crippen LogP contribution >= 0.6 is 11.6 Å². The van der Waals surface area contributed by atoms with E-state index in [4.69, 9.17) is 16.3 Å². The lowest BCUT2D eigenvalue weighted by Crippen LogP contribution is -2.27. The van der Waals surface area contributed by atoms with Crippen molar-refractivity contribution >= 4 is 17.5 Å². The minimum Gasteiger partial charge on any atom is -0.492 e. The van der Waals surface area contributed by atoms with Crippen molar-refractivity contribution in [3.8, 4) is 5.75 Å². The zero-order valence-electron chi connectivity index (χ0n) is 13.0. The van der Waals surface area contributed by atoms with Crippen LogP contribution in [0.4, 0.5) is 5.95 Å². The highest BCUT2D eigenvalue weighted by molar-refractivity contribution is 6.29. The molecule has 2 unspecified atom stereocenters. The third-order valence-corrected chi connectivity index (χ3v) is 5.12. The normalized spacial score (nSPS) is 25.3. The highest BCUT2D eigenvalue weighted by Gasteiger charge is 2.56. The van der Waals surface area contributed by atoms with Crippen molar-refractivity contribution < 1.29 is 4.74 Å². The maximum Gasteiger partial charge on any atom is 0.225 e. The fourth-order valence-electron chi connectivity index (χ4n) is 3.39. The number of pyridine rings is 1. The molecule has 5 nitrogen and oxygen atoms in total. The van der Waals surface area contributed by atoms with Gasteiger partial charge in [0.15, 0.2) is 0 Å². The standard InChI is InChI=1S/C17H19ClN4O/c1-2-11-5-20-17(21-6-11)22-8-13-14(9-22)15(13)10-23-12-3-4-16(18)19-7-12/h3-7,13-15H,2,8-10H2,1H3. The monoisotopic (exact) mass is 330 g/mol. The lowest BCUT2D eigenvalue weighted by molar-refractivity contribution is 0.282. The molecule has 0 spiro atoms. The third kappa shape index (κ3) is 2.98. The molecule has 0 radical (unpaired) electrons. The first kappa shape index (κ1) is 14.7. The summed E-state index contributed by atoms with van der Waals surface area (Å²) in [6.45, 7) is 4.93. The number of rotatable bonds is 5. The van der Waals surface area contributed by atoms with Gasteiger partial charge in [0.2, 0.25) is 5.95 Å². The maximum absolute atomic E-state index is 5.82. The minimum atomic E-state index is 0.491. The quantitative estimate of drug-likeness (QED) is 0.789. The van der Waals surface area contributed by atoms with Crippen LogP contribution in [0.1, 0.15) is 12.5 Å². The van der Waals surface area contributed by atoms with Gasteiger partial charge < -0.3 is 9.64 Å². The molecule has 2 aromatic heterocycles. The number of halogens is 1. The van der Waals surface area contributed by atoms with Gasteiger partial charge in [0.05, 0.1) is 12.8 Å². The molecule has 120 valence electrons. The fourth-order valence-corrected chi connectivity index (χ4v) is 3.51. The van der Waals surface area contributed by atoms with Crippen LogP contribution in [-0.4, -0.2) is 34.6 Å². The van der Waals surface area contributed by atoms with Crippen LogP contribution in [0.3, 0.4) is 0 Å². The molecule has 0 amide bonds. The molecule has 0 aromatic carbocycles. The zero-order chi connectivity index (χ0) is 15.8. The predicted octanol–water partition coefficient (Wildman–Crippen LogP) is 2.85. The summed E-state index contributed by atoms with van der Waals surface area (Å²) in [4.78, 5) is 15.3. The molecule has 0 bridgehead atoms. The molecule has 0 N–H and O–H groups in total. The van der Waals surface area contributed by atoms with Crippen LogP contribution in [0.15, 0.2) is 30.7 Å². The average molecular weight is 331 g/mol. The number of anilines is 1. The summed E-state index contributed by atoms with van der Waals surface area (Å²) in [6, 6.07) is 3.62. The highest BCUT2D eigenvalue weighted by atomic mass is 35.5. The van der Waals surface area contributed by atoms with E-state index in [2.05, 4.69) is 26.8 Å². The molecule has 1 aliphatic carbocycles. The van der Waals surface area contributed by atoms with Gasteiger partial charge in [-0.25, -0.2) is 15.0 Å². The van der Waals surface area contributed by atoms with E-state index in [1.54, 1.807) is 12.3 Å². The number of aryl methyl sites for hydroxylation is 1. The summed E-state index contributed by atoms with van der Waals surface area (Å²) >= 11 is 5.77. The van der Waals surface area contributed by atoms with E-state index in [9.17, 15) is 0 Å². The second-order valence-corrected chi connectivity index (χ2v) is 6.66. The Bertz CT molecular complexity index is 664. The second-order valence-electron chi connectivity index (χ2n) is 6.27. The summed E-state index contributed by atoms with van der Waals surface area (Å²) < 4.78 is 5.82. The number of hydrogen-bond acceptors (Lipinski definition) is 5. The van der Waals surface area contributed by atoms with E-state index < -0.39 is 0 Å². The van der Waals surface area contributed by atoms with E-state index in [-0.39, 0.29) is 0 Å². The van der Waals surface area contributed by atoms with Gasteiger partial charge in [-0.1, -0.05) is 18.5 Å². The predicted molar refractivity (Wildman–Crippen MR) is 88.8 cm³/mol. The molecule has 1 aliphatic heterocycles. The van der Waals surface area contributed by atoms with Crippen molar-refractivity contribution in [3.63, 3.8) is 0 Å². The molecule has 2 atom stereocenters. The number of piperidine rings is 1. The van der Waals surface area contributed by atoms with Gasteiger partial charge in [0, 0.05) is 31.4 Å². The van der Waals surface area contributed by atoms with Crippen molar-refractivity contribution in [2.24, 2.45) is 17.8 Å². The molecule has 1 saturated heterocycles. The van der Waals surface area contributed by atoms with Crippen LogP contribution in [0.25, 0.3) is 0 Å². The van der Waals surface area contributed by atoms with Gasteiger partial charge in [-0.2, -0.15) is 0 Å². The zero-order valence-corrected chi connectivity index (χ0v) is 13.8. The van der Waals surface area contributed by atoms with Crippen LogP contribution in [-0.2, 0) is 6.42 Å². The van der Waals surface area contributed by atoms with E-state index in [0.717, 1.165) is 37.8 Å². The Balaban J connectivity index is 1.28. The summed E-state index contributed by atoms with van der Waals surface area (Å²) in [5.74, 6) is 3.68. The van der Waals surface area contributed by atoms with E-state index in [0.29, 0.717) is 22.9 Å². The number of ether oxygens (including phenoxy) is 1. The third-order valence-electron chi connectivity index (χ3n) is 4.90. The molecule has 6 heteroatoms. The second kappa shape index (κ2) is 5.96. The van der Waals surface area contributed by atoms with Crippen molar-refractivity contribution in [1.29, 1.82) is 0 Å². The number of aromatic nitrogens is 3. The van der Waals surface area contributed by atoms with Crippen molar-refractivity contribution in [3.05, 3.63) is 41.4 Å². The Labute approximate surface area is 140 Å². The van der Waals surface area contributed by atoms with Crippen LogP contribution in [0.5, 0.6) is 5.75 Å². The SMILES string of the molecule is CCc1cnc(N2CC3C(COc4ccc(Cl)nc4)C3C2)nc1. The molecular weight excluding hydrogens is 312 g/mol. The van der Waals surface area contributed by atoms with Crippen LogP contribution in [0, 0.1) is 17.8 Å². The topological polar surface area (TPSA) is 51.1 Å². The lowest BCUT2D eigenvalue weighted by atomic mass is 10.2. The van der Waals surface area contributed by atoms with Crippen molar-refractivity contribution in [1.82, 2.24) is 15.0 Å². The first-order chi connectivity index (χ1) is 11.2. The molecule has 3 heterocycles. The molecule has 2 aromatic rings. The molecule has 1 saturated carbocycles. The molecule has 4 rings (SSSR count). The van der Waals surface area contributed by atoms with Crippen LogP contribution in [0.2, 0.25) is 5.15 Å². The number of fused-ring (bicyclic) bond motifs is 1. The van der Waals surface area contributed by atoms with E-state index in [1.165, 1.54) is 5.56 Å². The van der Waals surface area contributed by atoms with Gasteiger partial charge in [0.25, 0.3) is 0 Å². The summed E-state index contributed by atoms with van der Waals surface area (Å²) in [7, 11) is 0. The van der Waals surface area contributed by atoms with Gasteiger partial charge >= 0.3 is 0 Å². The van der Waals surface area contributed by atoms with Crippen molar-refractivity contribution in [2.45, 2.75) is 13.3 Å². The Hall–Kier alpha value is -1.88. The average Bonchev–Trinajstić information content (AvgIpc) is 3.04. The first-order valence-corrected chi connectivity index (χ1v) is 8.42. The smallest absolute Gasteiger partial charge is 0.225 e. The number of hydrogen-bond donors (Lipinski definition) is 0. The van der Waals surface area contributed by atoms with Gasteiger partial charge in [0.1, 0.15) is 10.9 Å².